The fourth-order valence-corrected chi connectivity index (χ4v) is 3.70. The predicted octanol–water partition coefficient (Wildman–Crippen LogP) is 3.13. The number of H-pyrrole nitrogens is 1. The predicted molar refractivity (Wildman–Crippen MR) is 114 cm³/mol. The Kier molecular flexibility index (Phi) is 5.24. The van der Waals surface area contributed by atoms with E-state index >= 15 is 0 Å². The molecule has 0 saturated carbocycles. The van der Waals surface area contributed by atoms with Crippen LogP contribution in [0.25, 0.3) is 5.69 Å². The summed E-state index contributed by atoms with van der Waals surface area (Å²) >= 11 is 0. The number of piperazine rings is 1. The topological polar surface area (TPSA) is 82.1 Å². The Morgan fingerprint density at radius 2 is 1.97 bits per heavy atom. The molecule has 152 valence electrons. The lowest BCUT2D eigenvalue weighted by atomic mass is 10.2. The second-order valence-electron chi connectivity index (χ2n) is 7.42. The zero-order chi connectivity index (χ0) is 20.4. The van der Waals surface area contributed by atoms with Crippen molar-refractivity contribution in [3.8, 4) is 5.69 Å². The first-order valence-corrected chi connectivity index (χ1v) is 10.0. The molecule has 29 heavy (non-hydrogen) atoms. The van der Waals surface area contributed by atoms with E-state index in [1.165, 1.54) is 5.56 Å². The highest BCUT2D eigenvalue weighted by Gasteiger charge is 2.23. The van der Waals surface area contributed by atoms with Crippen molar-refractivity contribution in [2.45, 2.75) is 27.2 Å². The van der Waals surface area contributed by atoms with E-state index in [4.69, 9.17) is 0 Å². The number of anilines is 2. The number of urea groups is 1. The molecule has 8 heteroatoms. The number of amides is 2. The molecule has 2 amide bonds. The Morgan fingerprint density at radius 3 is 2.62 bits per heavy atom. The summed E-state index contributed by atoms with van der Waals surface area (Å²) in [7, 11) is 0. The number of carbonyl (C=O) groups excluding carboxylic acids is 1. The largest absolute Gasteiger partial charge is 0.352 e. The van der Waals surface area contributed by atoms with E-state index in [0.717, 1.165) is 48.1 Å². The molecule has 3 aromatic rings. The van der Waals surface area contributed by atoms with Crippen molar-refractivity contribution in [2.75, 3.05) is 36.4 Å². The minimum Gasteiger partial charge on any atom is -0.352 e. The van der Waals surface area contributed by atoms with Crippen LogP contribution in [0.1, 0.15) is 23.9 Å². The van der Waals surface area contributed by atoms with Gasteiger partial charge in [0.15, 0.2) is 5.82 Å². The number of aromatic nitrogens is 4. The van der Waals surface area contributed by atoms with Gasteiger partial charge in [0.25, 0.3) is 0 Å². The quantitative estimate of drug-likeness (QED) is 0.713. The van der Waals surface area contributed by atoms with Gasteiger partial charge in [-0.15, -0.1) is 0 Å². The minimum atomic E-state index is -0.0821. The number of aryl methyl sites for hydroxylation is 2. The first-order valence-electron chi connectivity index (χ1n) is 10.0. The first-order chi connectivity index (χ1) is 14.0. The Morgan fingerprint density at radius 1 is 1.17 bits per heavy atom. The first kappa shape index (κ1) is 19.0. The fraction of sp³-hybridized carbons (Fsp3) is 0.381. The molecule has 1 saturated heterocycles. The van der Waals surface area contributed by atoms with Crippen molar-refractivity contribution in [1.82, 2.24) is 24.9 Å². The van der Waals surface area contributed by atoms with Gasteiger partial charge in [0.05, 0.1) is 23.3 Å². The van der Waals surface area contributed by atoms with Gasteiger partial charge in [-0.25, -0.2) is 9.48 Å². The van der Waals surface area contributed by atoms with Gasteiger partial charge in [-0.3, -0.25) is 5.10 Å². The van der Waals surface area contributed by atoms with E-state index in [9.17, 15) is 4.79 Å². The average Bonchev–Trinajstić information content (AvgIpc) is 3.34. The molecule has 0 radical (unpaired) electrons. The van der Waals surface area contributed by atoms with Gasteiger partial charge in [0.1, 0.15) is 0 Å². The van der Waals surface area contributed by atoms with Crippen LogP contribution < -0.4 is 10.2 Å². The van der Waals surface area contributed by atoms with Crippen molar-refractivity contribution < 1.29 is 4.79 Å². The number of benzene rings is 1. The average molecular weight is 393 g/mol. The monoisotopic (exact) mass is 393 g/mol. The zero-order valence-corrected chi connectivity index (χ0v) is 17.1. The Labute approximate surface area is 170 Å². The standard InChI is InChI=1S/C21H27N7O/c1-4-19-18(14-22-28(19)17-7-5-6-15(2)12-17)23-21(29)27-10-8-26(9-11-27)20-13-16(3)24-25-20/h5-7,12-14H,4,8-11H2,1-3H3,(H,23,29)(H,24,25). The van der Waals surface area contributed by atoms with E-state index in [1.807, 2.05) is 34.7 Å². The molecule has 1 aliphatic heterocycles. The molecule has 8 nitrogen and oxygen atoms in total. The molecule has 0 atom stereocenters. The minimum absolute atomic E-state index is 0.0821. The number of hydrogen-bond acceptors (Lipinski definition) is 4. The number of carbonyl (C=O) groups is 1. The summed E-state index contributed by atoms with van der Waals surface area (Å²) in [5, 5.41) is 14.9. The second-order valence-corrected chi connectivity index (χ2v) is 7.42. The summed E-state index contributed by atoms with van der Waals surface area (Å²) in [5.41, 5.74) is 4.98. The fourth-order valence-electron chi connectivity index (χ4n) is 3.70. The van der Waals surface area contributed by atoms with Crippen LogP contribution in [-0.4, -0.2) is 57.1 Å². The highest BCUT2D eigenvalue weighted by molar-refractivity contribution is 5.90. The van der Waals surface area contributed by atoms with Crippen LogP contribution in [0.5, 0.6) is 0 Å². The van der Waals surface area contributed by atoms with E-state index in [0.29, 0.717) is 13.1 Å². The maximum Gasteiger partial charge on any atom is 0.322 e. The molecule has 1 aliphatic rings. The van der Waals surface area contributed by atoms with Crippen LogP contribution >= 0.6 is 0 Å². The van der Waals surface area contributed by atoms with Gasteiger partial charge >= 0.3 is 6.03 Å². The summed E-state index contributed by atoms with van der Waals surface area (Å²) in [5.74, 6) is 0.940. The maximum absolute atomic E-state index is 12.8. The highest BCUT2D eigenvalue weighted by Crippen LogP contribution is 2.22. The molecular weight excluding hydrogens is 366 g/mol. The van der Waals surface area contributed by atoms with E-state index in [2.05, 4.69) is 51.5 Å². The number of nitrogens with one attached hydrogen (secondary N) is 2. The van der Waals surface area contributed by atoms with E-state index in [-0.39, 0.29) is 6.03 Å². The third-order valence-corrected chi connectivity index (χ3v) is 5.27. The SMILES string of the molecule is CCc1c(NC(=O)N2CCN(c3cc(C)[nH]n3)CC2)cnn1-c1cccc(C)c1. The van der Waals surface area contributed by atoms with Gasteiger partial charge < -0.3 is 15.1 Å². The van der Waals surface area contributed by atoms with Crippen LogP contribution in [0.15, 0.2) is 36.5 Å². The van der Waals surface area contributed by atoms with Crippen molar-refractivity contribution in [3.05, 3.63) is 53.5 Å². The normalized spacial score (nSPS) is 14.3. The summed E-state index contributed by atoms with van der Waals surface area (Å²) in [6.45, 7) is 8.97. The zero-order valence-electron chi connectivity index (χ0n) is 17.1. The molecule has 2 aromatic heterocycles. The molecule has 4 rings (SSSR count). The van der Waals surface area contributed by atoms with Crippen LogP contribution in [0.3, 0.4) is 0 Å². The van der Waals surface area contributed by atoms with Crippen molar-refractivity contribution in [1.29, 1.82) is 0 Å². The van der Waals surface area contributed by atoms with E-state index < -0.39 is 0 Å². The van der Waals surface area contributed by atoms with Crippen LogP contribution in [-0.2, 0) is 6.42 Å². The summed E-state index contributed by atoms with van der Waals surface area (Å²) < 4.78 is 1.90. The third kappa shape index (κ3) is 3.96. The lowest BCUT2D eigenvalue weighted by Gasteiger charge is -2.34. The lowest BCUT2D eigenvalue weighted by molar-refractivity contribution is 0.208. The summed E-state index contributed by atoms with van der Waals surface area (Å²) in [6, 6.07) is 10.1. The Hall–Kier alpha value is -3.29. The number of aromatic amines is 1. The van der Waals surface area contributed by atoms with Gasteiger partial charge in [-0.05, 0) is 38.0 Å². The van der Waals surface area contributed by atoms with Gasteiger partial charge in [0, 0.05) is 37.9 Å². The molecule has 1 aromatic carbocycles. The van der Waals surface area contributed by atoms with Crippen molar-refractivity contribution in [2.24, 2.45) is 0 Å². The van der Waals surface area contributed by atoms with Gasteiger partial charge in [-0.1, -0.05) is 19.1 Å². The molecule has 3 heterocycles. The van der Waals surface area contributed by atoms with Gasteiger partial charge in [0.2, 0.25) is 0 Å². The smallest absolute Gasteiger partial charge is 0.322 e. The molecular formula is C21H27N7O. The molecule has 0 unspecified atom stereocenters. The van der Waals surface area contributed by atoms with Crippen molar-refractivity contribution in [3.63, 3.8) is 0 Å². The number of nitrogens with zero attached hydrogens (tertiary/aromatic N) is 5. The second kappa shape index (κ2) is 7.98. The van der Waals surface area contributed by atoms with E-state index in [1.54, 1.807) is 6.20 Å². The molecule has 1 fully saturated rings. The molecule has 0 spiro atoms. The van der Waals surface area contributed by atoms with Crippen LogP contribution in [0.2, 0.25) is 0 Å². The highest BCUT2D eigenvalue weighted by atomic mass is 16.2. The summed E-state index contributed by atoms with van der Waals surface area (Å²) in [4.78, 5) is 16.9. The molecule has 2 N–H and O–H groups in total. The van der Waals surface area contributed by atoms with Crippen molar-refractivity contribution >= 4 is 17.5 Å². The van der Waals surface area contributed by atoms with Crippen LogP contribution in [0.4, 0.5) is 16.3 Å². The van der Waals surface area contributed by atoms with Crippen LogP contribution in [0, 0.1) is 13.8 Å². The molecule has 0 bridgehead atoms. The maximum atomic E-state index is 12.8. The lowest BCUT2D eigenvalue weighted by Crippen LogP contribution is -2.50. The van der Waals surface area contributed by atoms with Gasteiger partial charge in [-0.2, -0.15) is 10.2 Å². The summed E-state index contributed by atoms with van der Waals surface area (Å²) in [6.07, 6.45) is 2.51. The Bertz CT molecular complexity index is 998. The Balaban J connectivity index is 1.42. The third-order valence-electron chi connectivity index (χ3n) is 5.27. The molecule has 0 aliphatic carbocycles. The number of hydrogen-bond donors (Lipinski definition) is 2. The number of rotatable bonds is 4.